The maximum atomic E-state index is 13.7. The Kier molecular flexibility index (Phi) is 5.51. The molecule has 3 aromatic rings. The number of hydrogen-bond acceptors (Lipinski definition) is 3. The summed E-state index contributed by atoms with van der Waals surface area (Å²) in [6, 6.07) is 20.8. The van der Waals surface area contributed by atoms with Crippen LogP contribution in [-0.4, -0.2) is 11.7 Å². The summed E-state index contributed by atoms with van der Waals surface area (Å²) in [5.41, 5.74) is 4.64. The lowest BCUT2D eigenvalue weighted by atomic mass is 9.91. The summed E-state index contributed by atoms with van der Waals surface area (Å²) >= 11 is 6.55. The highest BCUT2D eigenvalue weighted by Gasteiger charge is 2.43. The van der Waals surface area contributed by atoms with Gasteiger partial charge in [0, 0.05) is 35.3 Å². The molecule has 2 atom stereocenters. The number of carbonyl (C=O) groups is 2. The van der Waals surface area contributed by atoms with Crippen LogP contribution in [0.1, 0.15) is 36.1 Å². The second kappa shape index (κ2) is 8.49. The molecule has 1 heterocycles. The van der Waals surface area contributed by atoms with Crippen LogP contribution in [0, 0.1) is 11.7 Å². The van der Waals surface area contributed by atoms with Gasteiger partial charge in [-0.1, -0.05) is 54.1 Å². The third-order valence-corrected chi connectivity index (χ3v) is 6.71. The summed E-state index contributed by atoms with van der Waals surface area (Å²) in [6.07, 6.45) is 0.402. The van der Waals surface area contributed by atoms with Crippen molar-refractivity contribution in [1.29, 1.82) is 0 Å². The van der Waals surface area contributed by atoms with E-state index in [1.54, 1.807) is 12.1 Å². The van der Waals surface area contributed by atoms with Crippen LogP contribution < -0.4 is 10.2 Å². The molecule has 0 bridgehead atoms. The summed E-state index contributed by atoms with van der Waals surface area (Å²) in [7, 11) is 0. The third-order valence-electron chi connectivity index (χ3n) is 6.36. The molecule has 6 heteroatoms. The van der Waals surface area contributed by atoms with Crippen molar-refractivity contribution in [2.45, 2.75) is 25.9 Å². The minimum absolute atomic E-state index is 0.0910. The van der Waals surface area contributed by atoms with Crippen molar-refractivity contribution in [3.05, 3.63) is 106 Å². The fraction of sp³-hybridized carbons (Fsp3) is 0.185. The molecule has 4 nitrogen and oxygen atoms in total. The van der Waals surface area contributed by atoms with Gasteiger partial charge in [0.15, 0.2) is 0 Å². The Balaban J connectivity index is 1.56. The Morgan fingerprint density at radius 1 is 1.06 bits per heavy atom. The van der Waals surface area contributed by atoms with Crippen LogP contribution in [-0.2, 0) is 16.1 Å². The van der Waals surface area contributed by atoms with Gasteiger partial charge in [0.25, 0.3) is 5.91 Å². The van der Waals surface area contributed by atoms with Crippen LogP contribution in [0.5, 0.6) is 0 Å². The number of amides is 1. The number of anilines is 1. The van der Waals surface area contributed by atoms with E-state index in [0.717, 1.165) is 22.5 Å². The second-order valence-electron chi connectivity index (χ2n) is 8.43. The number of halogens is 2. The first-order chi connectivity index (χ1) is 15.9. The SMILES string of the molecule is CC1=C(C(=O)N[C@H](c2ccc(F)cc2)C2CC2=O)c2cccc(Cl)c2CN1c1ccccc1. The number of nitrogens with one attached hydrogen (secondary N) is 1. The van der Waals surface area contributed by atoms with Gasteiger partial charge in [-0.25, -0.2) is 4.39 Å². The first-order valence-corrected chi connectivity index (χ1v) is 11.2. The molecule has 1 fully saturated rings. The average Bonchev–Trinajstić information content (AvgIpc) is 3.54. The minimum Gasteiger partial charge on any atom is -0.344 e. The monoisotopic (exact) mass is 460 g/mol. The highest BCUT2D eigenvalue weighted by molar-refractivity contribution is 6.32. The summed E-state index contributed by atoms with van der Waals surface area (Å²) < 4.78 is 13.5. The Labute approximate surface area is 196 Å². The molecule has 1 aliphatic carbocycles. The van der Waals surface area contributed by atoms with Gasteiger partial charge in [0.05, 0.1) is 11.6 Å². The molecule has 1 amide bonds. The zero-order valence-electron chi connectivity index (χ0n) is 18.0. The van der Waals surface area contributed by atoms with Gasteiger partial charge in [-0.2, -0.15) is 0 Å². The largest absolute Gasteiger partial charge is 0.344 e. The van der Waals surface area contributed by atoms with E-state index in [2.05, 4.69) is 10.2 Å². The zero-order valence-corrected chi connectivity index (χ0v) is 18.8. The van der Waals surface area contributed by atoms with E-state index in [0.29, 0.717) is 29.1 Å². The highest BCUT2D eigenvalue weighted by Crippen LogP contribution is 2.41. The standard InChI is InChI=1S/C27H22ClFN2O2/c1-16-25(27(33)30-26(21-14-24(21)32)17-10-12-18(29)13-11-17)20-8-5-9-23(28)22(20)15-31(16)19-6-3-2-4-7-19/h2-13,21,26H,14-15H2,1H3,(H,30,33)/t21?,26-/m1/s1. The Hall–Kier alpha value is -3.44. The van der Waals surface area contributed by atoms with E-state index >= 15 is 0 Å². The van der Waals surface area contributed by atoms with Crippen molar-refractivity contribution in [2.75, 3.05) is 4.90 Å². The maximum Gasteiger partial charge on any atom is 0.254 e. The summed E-state index contributed by atoms with van der Waals surface area (Å²) in [5.74, 6) is -0.856. The van der Waals surface area contributed by atoms with Gasteiger partial charge < -0.3 is 10.2 Å². The van der Waals surface area contributed by atoms with Crippen LogP contribution in [0.3, 0.4) is 0 Å². The molecule has 1 saturated carbocycles. The van der Waals surface area contributed by atoms with Gasteiger partial charge >= 0.3 is 0 Å². The number of rotatable bonds is 5. The van der Waals surface area contributed by atoms with Gasteiger partial charge in [-0.15, -0.1) is 0 Å². The number of benzene rings is 3. The van der Waals surface area contributed by atoms with E-state index in [1.165, 1.54) is 12.1 Å². The third kappa shape index (κ3) is 4.05. The predicted octanol–water partition coefficient (Wildman–Crippen LogP) is 5.68. The predicted molar refractivity (Wildman–Crippen MR) is 127 cm³/mol. The number of allylic oxidation sites excluding steroid dienone is 1. The van der Waals surface area contributed by atoms with Crippen molar-refractivity contribution < 1.29 is 14.0 Å². The summed E-state index contributed by atoms with van der Waals surface area (Å²) in [5, 5.41) is 3.66. The number of ketones is 1. The second-order valence-corrected chi connectivity index (χ2v) is 8.83. The van der Waals surface area contributed by atoms with Crippen molar-refractivity contribution in [2.24, 2.45) is 5.92 Å². The lowest BCUT2D eigenvalue weighted by Crippen LogP contribution is -2.35. The first-order valence-electron chi connectivity index (χ1n) is 10.8. The van der Waals surface area contributed by atoms with Crippen LogP contribution >= 0.6 is 11.6 Å². The van der Waals surface area contributed by atoms with Crippen molar-refractivity contribution >= 4 is 34.6 Å². The molecule has 1 N–H and O–H groups in total. The number of nitrogens with zero attached hydrogens (tertiary/aromatic N) is 1. The molecule has 0 spiro atoms. The van der Waals surface area contributed by atoms with Crippen LogP contribution in [0.25, 0.3) is 5.57 Å². The maximum absolute atomic E-state index is 13.7. The number of fused-ring (bicyclic) bond motifs is 1. The molecular weight excluding hydrogens is 439 g/mol. The normalized spacial score (nSPS) is 18.1. The van der Waals surface area contributed by atoms with Crippen molar-refractivity contribution in [1.82, 2.24) is 5.32 Å². The van der Waals surface area contributed by atoms with E-state index in [-0.39, 0.29) is 23.4 Å². The molecule has 33 heavy (non-hydrogen) atoms. The van der Waals surface area contributed by atoms with E-state index < -0.39 is 6.04 Å². The van der Waals surface area contributed by atoms with E-state index in [9.17, 15) is 14.0 Å². The molecule has 2 aliphatic rings. The quantitative estimate of drug-likeness (QED) is 0.533. The number of Topliss-reactive ketones (excluding diaryl/α,β-unsaturated/α-hetero) is 1. The highest BCUT2D eigenvalue weighted by atomic mass is 35.5. The van der Waals surface area contributed by atoms with Crippen LogP contribution in [0.2, 0.25) is 5.02 Å². The lowest BCUT2D eigenvalue weighted by molar-refractivity contribution is -0.116. The molecule has 166 valence electrons. The fourth-order valence-electron chi connectivity index (χ4n) is 4.50. The van der Waals surface area contributed by atoms with Gasteiger partial charge in [-0.05, 0) is 53.9 Å². The van der Waals surface area contributed by atoms with Crippen molar-refractivity contribution in [3.8, 4) is 0 Å². The molecule has 0 aromatic heterocycles. The average molecular weight is 461 g/mol. The number of para-hydroxylation sites is 1. The van der Waals surface area contributed by atoms with Crippen molar-refractivity contribution in [3.63, 3.8) is 0 Å². The summed E-state index contributed by atoms with van der Waals surface area (Å²) in [4.78, 5) is 27.8. The molecule has 1 aliphatic heterocycles. The molecule has 0 radical (unpaired) electrons. The van der Waals surface area contributed by atoms with E-state index in [1.807, 2.05) is 55.5 Å². The molecule has 0 saturated heterocycles. The molecule has 1 unspecified atom stereocenters. The van der Waals surface area contributed by atoms with Gasteiger partial charge in [0.2, 0.25) is 0 Å². The number of hydrogen-bond donors (Lipinski definition) is 1. The smallest absolute Gasteiger partial charge is 0.254 e. The Bertz CT molecular complexity index is 1270. The molecule has 3 aromatic carbocycles. The fourth-order valence-corrected chi connectivity index (χ4v) is 4.74. The first kappa shape index (κ1) is 21.4. The van der Waals surface area contributed by atoms with Crippen LogP contribution in [0.15, 0.2) is 78.5 Å². The summed E-state index contributed by atoms with van der Waals surface area (Å²) in [6.45, 7) is 2.46. The van der Waals surface area contributed by atoms with Crippen LogP contribution in [0.4, 0.5) is 10.1 Å². The minimum atomic E-state index is -0.513. The zero-order chi connectivity index (χ0) is 23.1. The lowest BCUT2D eigenvalue weighted by Gasteiger charge is -2.34. The molecule has 5 rings (SSSR count). The van der Waals surface area contributed by atoms with Gasteiger partial charge in [0.1, 0.15) is 11.6 Å². The van der Waals surface area contributed by atoms with E-state index in [4.69, 9.17) is 11.6 Å². The molecular formula is C27H22ClFN2O2. The number of carbonyl (C=O) groups excluding carboxylic acids is 2. The Morgan fingerprint density at radius 2 is 1.76 bits per heavy atom. The Morgan fingerprint density at radius 3 is 2.42 bits per heavy atom. The topological polar surface area (TPSA) is 49.4 Å². The van der Waals surface area contributed by atoms with Gasteiger partial charge in [-0.3, -0.25) is 9.59 Å².